The summed E-state index contributed by atoms with van der Waals surface area (Å²) in [5.41, 5.74) is 0.434. The monoisotopic (exact) mass is 291 g/mol. The number of amides is 1. The summed E-state index contributed by atoms with van der Waals surface area (Å²) in [5, 5.41) is 8.81. The molecular weight excluding hydrogens is 278 g/mol. The summed E-state index contributed by atoms with van der Waals surface area (Å²) in [6.07, 6.45) is 0. The molecule has 1 N–H and O–H groups in total. The van der Waals surface area contributed by atoms with E-state index in [9.17, 15) is 19.2 Å². The quantitative estimate of drug-likeness (QED) is 0.492. The van der Waals surface area contributed by atoms with Crippen LogP contribution in [0.4, 0.5) is 5.69 Å². The molecule has 0 aliphatic carbocycles. The molecule has 1 atom stereocenters. The van der Waals surface area contributed by atoms with Crippen LogP contribution in [0.3, 0.4) is 0 Å². The van der Waals surface area contributed by atoms with E-state index in [1.165, 1.54) is 24.3 Å². The van der Waals surface area contributed by atoms with Crippen molar-refractivity contribution >= 4 is 29.3 Å². The molecule has 1 fully saturated rings. The number of carbonyl (C=O) groups is 4. The van der Waals surface area contributed by atoms with Crippen LogP contribution in [0.15, 0.2) is 24.3 Å². The van der Waals surface area contributed by atoms with Crippen LogP contribution in [-0.2, 0) is 19.1 Å². The van der Waals surface area contributed by atoms with Gasteiger partial charge < -0.3 is 14.7 Å². The molecule has 1 amide bonds. The van der Waals surface area contributed by atoms with E-state index in [-0.39, 0.29) is 18.7 Å². The first-order chi connectivity index (χ1) is 9.95. The van der Waals surface area contributed by atoms with E-state index in [4.69, 9.17) is 9.84 Å². The Hall–Kier alpha value is -2.70. The number of carbonyl (C=O) groups excluding carboxylic acids is 3. The lowest BCUT2D eigenvalue weighted by molar-refractivity contribution is -0.151. The summed E-state index contributed by atoms with van der Waals surface area (Å²) >= 11 is 0. The van der Waals surface area contributed by atoms with Crippen LogP contribution in [0, 0.1) is 5.92 Å². The lowest BCUT2D eigenvalue weighted by atomic mass is 10.1. The average molecular weight is 291 g/mol. The molecule has 0 radical (unpaired) electrons. The number of ketones is 1. The maximum Gasteiger partial charge on any atom is 0.335 e. The molecule has 110 valence electrons. The molecule has 1 aliphatic rings. The Balaban J connectivity index is 2.21. The van der Waals surface area contributed by atoms with Gasteiger partial charge in [-0.2, -0.15) is 0 Å². The zero-order chi connectivity index (χ0) is 15.6. The predicted octanol–water partition coefficient (Wildman–Crippen LogP) is 0.480. The number of nitrogens with zero attached hydrogens (tertiary/aromatic N) is 1. The van der Waals surface area contributed by atoms with Crippen molar-refractivity contribution in [2.75, 3.05) is 18.1 Å². The van der Waals surface area contributed by atoms with E-state index in [1.54, 1.807) is 6.92 Å². The summed E-state index contributed by atoms with van der Waals surface area (Å²) in [7, 11) is 0. The second kappa shape index (κ2) is 5.74. The van der Waals surface area contributed by atoms with Crippen LogP contribution in [0.2, 0.25) is 0 Å². The number of benzene rings is 1. The highest BCUT2D eigenvalue weighted by Crippen LogP contribution is 2.24. The number of hydrogen-bond donors (Lipinski definition) is 1. The smallest absolute Gasteiger partial charge is 0.335 e. The van der Waals surface area contributed by atoms with Crippen molar-refractivity contribution in [3.63, 3.8) is 0 Å². The van der Waals surface area contributed by atoms with Gasteiger partial charge in [0.15, 0.2) is 0 Å². The van der Waals surface area contributed by atoms with Crippen LogP contribution >= 0.6 is 0 Å². The molecule has 7 nitrogen and oxygen atoms in total. The second-order valence-corrected chi connectivity index (χ2v) is 4.44. The van der Waals surface area contributed by atoms with Gasteiger partial charge in [-0.3, -0.25) is 14.4 Å². The third kappa shape index (κ3) is 2.76. The molecule has 0 spiro atoms. The largest absolute Gasteiger partial charge is 0.478 e. The third-order valence-electron chi connectivity index (χ3n) is 3.13. The van der Waals surface area contributed by atoms with Crippen molar-refractivity contribution in [3.8, 4) is 0 Å². The number of hydrogen-bond acceptors (Lipinski definition) is 5. The minimum atomic E-state index is -1.13. The number of esters is 1. The van der Waals surface area contributed by atoms with Gasteiger partial charge in [0.1, 0.15) is 5.92 Å². The van der Waals surface area contributed by atoms with E-state index in [0.29, 0.717) is 5.69 Å². The van der Waals surface area contributed by atoms with Gasteiger partial charge in [0.2, 0.25) is 5.78 Å². The number of carboxylic acid groups (broad SMARTS) is 1. The van der Waals surface area contributed by atoms with Gasteiger partial charge in [0, 0.05) is 12.2 Å². The molecule has 0 saturated carbocycles. The Bertz CT molecular complexity index is 606. The third-order valence-corrected chi connectivity index (χ3v) is 3.13. The van der Waals surface area contributed by atoms with Crippen molar-refractivity contribution in [1.29, 1.82) is 0 Å². The number of Topliss-reactive ketones (excluding diaryl/α,β-unsaturated/α-hetero) is 1. The van der Waals surface area contributed by atoms with Crippen LogP contribution in [0.25, 0.3) is 0 Å². The fourth-order valence-electron chi connectivity index (χ4n) is 2.06. The van der Waals surface area contributed by atoms with Crippen molar-refractivity contribution in [2.24, 2.45) is 5.92 Å². The first kappa shape index (κ1) is 14.7. The molecule has 2 rings (SSSR count). The Morgan fingerprint density at radius 2 is 1.90 bits per heavy atom. The molecule has 1 heterocycles. The van der Waals surface area contributed by atoms with E-state index in [0.717, 1.165) is 4.90 Å². The number of anilines is 1. The predicted molar refractivity (Wildman–Crippen MR) is 70.9 cm³/mol. The summed E-state index contributed by atoms with van der Waals surface area (Å²) in [5.74, 6) is -4.54. The molecule has 1 saturated heterocycles. The molecule has 21 heavy (non-hydrogen) atoms. The van der Waals surface area contributed by atoms with Crippen molar-refractivity contribution in [3.05, 3.63) is 29.8 Å². The topological polar surface area (TPSA) is 101 Å². The Labute approximate surface area is 120 Å². The summed E-state index contributed by atoms with van der Waals surface area (Å²) < 4.78 is 4.76. The molecule has 0 bridgehead atoms. The van der Waals surface area contributed by atoms with Gasteiger partial charge in [-0.05, 0) is 31.2 Å². The van der Waals surface area contributed by atoms with E-state index >= 15 is 0 Å². The van der Waals surface area contributed by atoms with E-state index in [2.05, 4.69) is 0 Å². The van der Waals surface area contributed by atoms with Gasteiger partial charge in [-0.1, -0.05) is 0 Å². The maximum absolute atomic E-state index is 11.9. The number of carboxylic acids is 1. The summed E-state index contributed by atoms with van der Waals surface area (Å²) in [6.45, 7) is 1.65. The van der Waals surface area contributed by atoms with Gasteiger partial charge in [0.25, 0.3) is 5.91 Å². The van der Waals surface area contributed by atoms with Crippen LogP contribution in [0.5, 0.6) is 0 Å². The first-order valence-electron chi connectivity index (χ1n) is 6.31. The van der Waals surface area contributed by atoms with Gasteiger partial charge in [0.05, 0.1) is 12.2 Å². The summed E-state index contributed by atoms with van der Waals surface area (Å²) in [6, 6.07) is 5.49. The van der Waals surface area contributed by atoms with Gasteiger partial charge in [-0.25, -0.2) is 4.79 Å². The molecular formula is C14H13NO6. The molecule has 7 heteroatoms. The fraction of sp³-hybridized carbons (Fsp3) is 0.286. The molecule has 0 unspecified atom stereocenters. The standard InChI is InChI=1S/C14H13NO6/c1-2-21-14(20)10-7-15(12(17)11(10)16)9-5-3-8(4-6-9)13(18)19/h3-6,10H,2,7H2,1H3,(H,18,19)/t10-/m0/s1. The average Bonchev–Trinajstić information content (AvgIpc) is 2.76. The Morgan fingerprint density at radius 3 is 2.43 bits per heavy atom. The minimum Gasteiger partial charge on any atom is -0.478 e. The van der Waals surface area contributed by atoms with Gasteiger partial charge in [-0.15, -0.1) is 0 Å². The highest BCUT2D eigenvalue weighted by atomic mass is 16.5. The lowest BCUT2D eigenvalue weighted by Crippen LogP contribution is -2.26. The molecule has 1 aromatic rings. The van der Waals surface area contributed by atoms with Crippen molar-refractivity contribution < 1.29 is 29.0 Å². The van der Waals surface area contributed by atoms with Crippen molar-refractivity contribution in [2.45, 2.75) is 6.92 Å². The van der Waals surface area contributed by atoms with Crippen LogP contribution < -0.4 is 4.90 Å². The SMILES string of the molecule is CCOC(=O)[C@H]1CN(c2ccc(C(=O)O)cc2)C(=O)C1=O. The van der Waals surface area contributed by atoms with Crippen LogP contribution in [0.1, 0.15) is 17.3 Å². The Morgan fingerprint density at radius 1 is 1.29 bits per heavy atom. The molecule has 1 aliphatic heterocycles. The van der Waals surface area contributed by atoms with Crippen molar-refractivity contribution in [1.82, 2.24) is 0 Å². The second-order valence-electron chi connectivity index (χ2n) is 4.44. The van der Waals surface area contributed by atoms with E-state index in [1.807, 2.05) is 0 Å². The first-order valence-corrected chi connectivity index (χ1v) is 6.31. The zero-order valence-electron chi connectivity index (χ0n) is 11.2. The van der Waals surface area contributed by atoms with Crippen LogP contribution in [-0.4, -0.2) is 41.9 Å². The number of ether oxygens (including phenoxy) is 1. The highest BCUT2D eigenvalue weighted by Gasteiger charge is 2.44. The molecule has 1 aromatic carbocycles. The fourth-order valence-corrected chi connectivity index (χ4v) is 2.06. The zero-order valence-corrected chi connectivity index (χ0v) is 11.2. The number of aromatic carboxylic acids is 1. The molecule has 0 aromatic heterocycles. The van der Waals surface area contributed by atoms with E-state index < -0.39 is 29.5 Å². The highest BCUT2D eigenvalue weighted by molar-refractivity contribution is 6.47. The van der Waals surface area contributed by atoms with Gasteiger partial charge >= 0.3 is 11.9 Å². The lowest BCUT2D eigenvalue weighted by Gasteiger charge is -2.15. The maximum atomic E-state index is 11.9. The minimum absolute atomic E-state index is 0.0682. The normalized spacial score (nSPS) is 18.0. The summed E-state index contributed by atoms with van der Waals surface area (Å²) in [4.78, 5) is 47.2. The number of rotatable bonds is 4. The Kier molecular flexibility index (Phi) is 4.02.